The average molecular weight is 541 g/mol. The van der Waals surface area contributed by atoms with Gasteiger partial charge in [0.2, 0.25) is 5.96 Å². The Balaban J connectivity index is 1.41. The molecule has 13 heteroatoms. The summed E-state index contributed by atoms with van der Waals surface area (Å²) in [6.07, 6.45) is -1.34. The lowest BCUT2D eigenvalue weighted by atomic mass is 9.93. The van der Waals surface area contributed by atoms with E-state index >= 15 is 0 Å². The van der Waals surface area contributed by atoms with Crippen molar-refractivity contribution in [3.05, 3.63) is 95.1 Å². The van der Waals surface area contributed by atoms with Crippen LogP contribution in [0.4, 0.5) is 18.0 Å². The topological polar surface area (TPSA) is 140 Å². The summed E-state index contributed by atoms with van der Waals surface area (Å²) >= 11 is 0. The summed E-state index contributed by atoms with van der Waals surface area (Å²) < 4.78 is 46.8. The number of aromatic nitrogens is 2. The molecule has 39 heavy (non-hydrogen) atoms. The molecule has 4 N–H and O–H groups in total. The summed E-state index contributed by atoms with van der Waals surface area (Å²) in [5.74, 6) is -2.09. The van der Waals surface area contributed by atoms with Crippen LogP contribution in [0.5, 0.6) is 0 Å². The van der Waals surface area contributed by atoms with Gasteiger partial charge in [-0.3, -0.25) is 25.6 Å². The quantitative estimate of drug-likeness (QED) is 0.287. The fourth-order valence-corrected chi connectivity index (χ4v) is 3.92. The SMILES string of the molecule is N=C(NC(=O)OCc1ccccc1)NC(=O)c1ccc(C2=CCN(C(=O)c3cnc[nH]3)CC2)c(C(F)(F)F)c1. The van der Waals surface area contributed by atoms with Crippen molar-refractivity contribution in [3.63, 3.8) is 0 Å². The zero-order chi connectivity index (χ0) is 28.0. The first-order valence-electron chi connectivity index (χ1n) is 11.7. The van der Waals surface area contributed by atoms with Crippen molar-refractivity contribution in [1.82, 2.24) is 25.5 Å². The molecule has 0 saturated carbocycles. The highest BCUT2D eigenvalue weighted by Crippen LogP contribution is 2.37. The van der Waals surface area contributed by atoms with Crippen LogP contribution in [-0.4, -0.2) is 51.8 Å². The monoisotopic (exact) mass is 540 g/mol. The Labute approximate surface area is 220 Å². The number of hydrogen-bond acceptors (Lipinski definition) is 6. The minimum Gasteiger partial charge on any atom is -0.444 e. The molecule has 1 aliphatic rings. The van der Waals surface area contributed by atoms with E-state index in [1.165, 1.54) is 29.6 Å². The molecule has 0 aliphatic carbocycles. The van der Waals surface area contributed by atoms with Crippen molar-refractivity contribution in [3.8, 4) is 0 Å². The van der Waals surface area contributed by atoms with Crippen LogP contribution in [0, 0.1) is 5.41 Å². The van der Waals surface area contributed by atoms with Gasteiger partial charge in [0, 0.05) is 18.7 Å². The van der Waals surface area contributed by atoms with E-state index in [9.17, 15) is 27.6 Å². The van der Waals surface area contributed by atoms with Crippen molar-refractivity contribution in [2.45, 2.75) is 19.2 Å². The van der Waals surface area contributed by atoms with Crippen molar-refractivity contribution in [2.75, 3.05) is 13.1 Å². The van der Waals surface area contributed by atoms with Gasteiger partial charge in [-0.15, -0.1) is 0 Å². The summed E-state index contributed by atoms with van der Waals surface area (Å²) in [6.45, 7) is 0.234. The van der Waals surface area contributed by atoms with E-state index < -0.39 is 29.7 Å². The van der Waals surface area contributed by atoms with Gasteiger partial charge in [0.15, 0.2) is 0 Å². The normalized spacial score (nSPS) is 13.3. The third-order valence-corrected chi connectivity index (χ3v) is 5.84. The zero-order valence-corrected chi connectivity index (χ0v) is 20.3. The highest BCUT2D eigenvalue weighted by Gasteiger charge is 2.35. The lowest BCUT2D eigenvalue weighted by Gasteiger charge is -2.27. The molecule has 0 unspecified atom stereocenters. The molecule has 0 spiro atoms. The number of alkyl halides is 3. The first kappa shape index (κ1) is 27.1. The molecule has 0 bridgehead atoms. The molecule has 1 aromatic heterocycles. The molecule has 2 heterocycles. The van der Waals surface area contributed by atoms with Crippen molar-refractivity contribution in [2.24, 2.45) is 0 Å². The standard InChI is InChI=1S/C26H23F3N6O4/c27-26(28,29)20-12-18(22(36)33-24(30)34-25(38)39-14-16-4-2-1-3-5-16)6-7-19(20)17-8-10-35(11-9-17)23(37)21-13-31-15-32-21/h1-8,12-13,15H,9-11,14H2,(H,31,32)(H3,30,33,34,36,38). The maximum absolute atomic E-state index is 13.9. The number of imidazole rings is 1. The molecule has 3 amide bonds. The molecule has 2 aromatic carbocycles. The second-order valence-corrected chi connectivity index (χ2v) is 8.47. The number of nitrogens with one attached hydrogen (secondary N) is 4. The predicted octanol–water partition coefficient (Wildman–Crippen LogP) is 3.95. The number of alkyl carbamates (subject to hydrolysis) is 1. The van der Waals surface area contributed by atoms with Gasteiger partial charge < -0.3 is 14.6 Å². The van der Waals surface area contributed by atoms with Gasteiger partial charge in [0.05, 0.1) is 18.1 Å². The Bertz CT molecular complexity index is 1400. The number of halogens is 3. The van der Waals surface area contributed by atoms with Crippen LogP contribution < -0.4 is 10.6 Å². The molecule has 0 atom stereocenters. The first-order chi connectivity index (χ1) is 18.6. The van der Waals surface area contributed by atoms with Gasteiger partial charge in [-0.1, -0.05) is 42.5 Å². The summed E-state index contributed by atoms with van der Waals surface area (Å²) in [6, 6.07) is 11.8. The van der Waals surface area contributed by atoms with E-state index in [0.717, 1.165) is 0 Å². The van der Waals surface area contributed by atoms with Crippen LogP contribution >= 0.6 is 0 Å². The number of benzene rings is 2. The number of guanidine groups is 1. The Morgan fingerprint density at radius 1 is 1.10 bits per heavy atom. The number of carbonyl (C=O) groups excluding carboxylic acids is 3. The van der Waals surface area contributed by atoms with Gasteiger partial charge in [-0.2, -0.15) is 13.2 Å². The van der Waals surface area contributed by atoms with Crippen LogP contribution in [0.15, 0.2) is 67.1 Å². The fraction of sp³-hybridized carbons (Fsp3) is 0.192. The minimum absolute atomic E-state index is 0.0742. The molecule has 202 valence electrons. The molecular formula is C26H23F3N6O4. The fourth-order valence-electron chi connectivity index (χ4n) is 3.92. The number of rotatable bonds is 5. The largest absolute Gasteiger partial charge is 0.444 e. The number of amides is 3. The van der Waals surface area contributed by atoms with Crippen LogP contribution in [0.1, 0.15) is 44.0 Å². The number of nitrogens with zero attached hydrogens (tertiary/aromatic N) is 2. The molecular weight excluding hydrogens is 517 g/mol. The Kier molecular flexibility index (Phi) is 8.08. The second-order valence-electron chi connectivity index (χ2n) is 8.47. The number of carbonyl (C=O) groups is 3. The Morgan fingerprint density at radius 3 is 2.51 bits per heavy atom. The molecule has 3 aromatic rings. The lowest BCUT2D eigenvalue weighted by Crippen LogP contribution is -2.43. The molecule has 10 nitrogen and oxygen atoms in total. The number of H-pyrrole nitrogens is 1. The van der Waals surface area contributed by atoms with Crippen molar-refractivity contribution < 1.29 is 32.3 Å². The summed E-state index contributed by atoms with van der Waals surface area (Å²) in [7, 11) is 0. The van der Waals surface area contributed by atoms with E-state index in [1.54, 1.807) is 36.4 Å². The number of hydrogen-bond donors (Lipinski definition) is 4. The van der Waals surface area contributed by atoms with E-state index in [1.807, 2.05) is 10.6 Å². The highest BCUT2D eigenvalue weighted by atomic mass is 19.4. The van der Waals surface area contributed by atoms with Gasteiger partial charge in [-0.05, 0) is 35.3 Å². The van der Waals surface area contributed by atoms with Crippen molar-refractivity contribution >= 4 is 29.4 Å². The average Bonchev–Trinajstić information content (AvgIpc) is 3.46. The smallest absolute Gasteiger partial charge is 0.417 e. The predicted molar refractivity (Wildman–Crippen MR) is 133 cm³/mol. The van der Waals surface area contributed by atoms with Gasteiger partial charge in [0.25, 0.3) is 11.8 Å². The van der Waals surface area contributed by atoms with Crippen LogP contribution in [0.25, 0.3) is 5.57 Å². The van der Waals surface area contributed by atoms with Gasteiger partial charge in [0.1, 0.15) is 12.3 Å². The van der Waals surface area contributed by atoms with Crippen LogP contribution in [-0.2, 0) is 17.5 Å². The molecule has 0 radical (unpaired) electrons. The summed E-state index contributed by atoms with van der Waals surface area (Å²) in [4.78, 5) is 44.8. The van der Waals surface area contributed by atoms with E-state index in [2.05, 4.69) is 9.97 Å². The van der Waals surface area contributed by atoms with Gasteiger partial charge in [-0.25, -0.2) is 9.78 Å². The molecule has 0 fully saturated rings. The molecule has 0 saturated heterocycles. The third-order valence-electron chi connectivity index (χ3n) is 5.84. The number of ether oxygens (including phenoxy) is 1. The molecule has 4 rings (SSSR count). The van der Waals surface area contributed by atoms with Crippen LogP contribution in [0.3, 0.4) is 0 Å². The second kappa shape index (κ2) is 11.6. The van der Waals surface area contributed by atoms with E-state index in [0.29, 0.717) is 17.2 Å². The van der Waals surface area contributed by atoms with Crippen molar-refractivity contribution in [1.29, 1.82) is 5.41 Å². The third kappa shape index (κ3) is 6.89. The Morgan fingerprint density at radius 2 is 1.87 bits per heavy atom. The minimum atomic E-state index is -4.78. The first-order valence-corrected chi connectivity index (χ1v) is 11.7. The molecule has 1 aliphatic heterocycles. The van der Waals surface area contributed by atoms with Gasteiger partial charge >= 0.3 is 12.3 Å². The summed E-state index contributed by atoms with van der Waals surface area (Å²) in [5, 5.41) is 11.8. The van der Waals surface area contributed by atoms with E-state index in [-0.39, 0.29) is 48.8 Å². The maximum Gasteiger partial charge on any atom is 0.417 e. The highest BCUT2D eigenvalue weighted by molar-refractivity contribution is 6.08. The number of aromatic amines is 1. The van der Waals surface area contributed by atoms with E-state index in [4.69, 9.17) is 10.1 Å². The summed E-state index contributed by atoms with van der Waals surface area (Å²) in [5.41, 5.74) is -0.126. The van der Waals surface area contributed by atoms with Crippen LogP contribution in [0.2, 0.25) is 0 Å². The zero-order valence-electron chi connectivity index (χ0n) is 20.3. The maximum atomic E-state index is 13.9. The Hall–Kier alpha value is -4.94. The lowest BCUT2D eigenvalue weighted by molar-refractivity contribution is -0.137.